The molecule has 3 N–H and O–H groups in total. The number of rotatable bonds is 8. The fourth-order valence-corrected chi connectivity index (χ4v) is 3.74. The van der Waals surface area contributed by atoms with Crippen molar-refractivity contribution in [3.05, 3.63) is 75.7 Å². The molecule has 0 aliphatic rings. The smallest absolute Gasteiger partial charge is 0.278 e. The Morgan fingerprint density at radius 1 is 1.06 bits per heavy atom. The molecule has 33 heavy (non-hydrogen) atoms. The summed E-state index contributed by atoms with van der Waals surface area (Å²) in [5, 5.41) is 16.8. The van der Waals surface area contributed by atoms with Gasteiger partial charge in [0.15, 0.2) is 5.82 Å². The highest BCUT2D eigenvalue weighted by molar-refractivity contribution is 5.86. The molecular formula is C24H25N7O2. The highest BCUT2D eigenvalue weighted by atomic mass is 16.1. The molecule has 0 radical (unpaired) electrons. The molecule has 0 fully saturated rings. The lowest BCUT2D eigenvalue weighted by Crippen LogP contribution is -2.22. The number of unbranched alkanes of at least 4 members (excludes halogenated alkanes) is 1. The van der Waals surface area contributed by atoms with Crippen LogP contribution in [0.4, 0.5) is 5.95 Å². The van der Waals surface area contributed by atoms with Crippen LogP contribution in [0.3, 0.4) is 0 Å². The molecule has 9 nitrogen and oxygen atoms in total. The van der Waals surface area contributed by atoms with Gasteiger partial charge in [0.1, 0.15) is 0 Å². The van der Waals surface area contributed by atoms with Crippen LogP contribution in [0.25, 0.3) is 22.5 Å². The van der Waals surface area contributed by atoms with Crippen molar-refractivity contribution < 1.29 is 4.79 Å². The van der Waals surface area contributed by atoms with Gasteiger partial charge in [0.2, 0.25) is 11.9 Å². The number of benzene rings is 2. The molecule has 0 unspecified atom stereocenters. The summed E-state index contributed by atoms with van der Waals surface area (Å²) in [4.78, 5) is 31.3. The van der Waals surface area contributed by atoms with Crippen LogP contribution in [0.15, 0.2) is 53.3 Å². The van der Waals surface area contributed by atoms with Crippen LogP contribution in [0.5, 0.6) is 0 Å². The molecule has 0 atom stereocenters. The number of aromatic nitrogens is 6. The minimum Gasteiger partial charge on any atom is -0.329 e. The highest BCUT2D eigenvalue weighted by Gasteiger charge is 2.14. The van der Waals surface area contributed by atoms with Crippen molar-refractivity contribution in [1.82, 2.24) is 30.6 Å². The number of anilines is 1. The number of nitrogens with one attached hydrogen (secondary N) is 3. The molecular weight excluding hydrogens is 418 g/mol. The lowest BCUT2D eigenvalue weighted by molar-refractivity contribution is -0.114. The van der Waals surface area contributed by atoms with E-state index in [1.165, 1.54) is 6.92 Å². The Bertz CT molecular complexity index is 1300. The van der Waals surface area contributed by atoms with E-state index < -0.39 is 0 Å². The maximum atomic E-state index is 12.8. The summed E-state index contributed by atoms with van der Waals surface area (Å²) < 4.78 is 0. The van der Waals surface area contributed by atoms with E-state index >= 15 is 0 Å². The van der Waals surface area contributed by atoms with Crippen molar-refractivity contribution in [3.8, 4) is 22.5 Å². The maximum Gasteiger partial charge on any atom is 0.278 e. The van der Waals surface area contributed by atoms with E-state index in [1.54, 1.807) is 0 Å². The zero-order valence-electron chi connectivity index (χ0n) is 18.6. The molecule has 4 aromatic rings. The van der Waals surface area contributed by atoms with Crippen LogP contribution in [-0.2, 0) is 17.6 Å². The Labute approximate surface area is 190 Å². The lowest BCUT2D eigenvalue weighted by atomic mass is 9.96. The Morgan fingerprint density at radius 2 is 1.82 bits per heavy atom. The van der Waals surface area contributed by atoms with Gasteiger partial charge in [-0.1, -0.05) is 61.9 Å². The van der Waals surface area contributed by atoms with Crippen molar-refractivity contribution in [2.75, 3.05) is 5.32 Å². The number of carbonyl (C=O) groups is 1. The maximum absolute atomic E-state index is 12.8. The van der Waals surface area contributed by atoms with E-state index in [-0.39, 0.29) is 17.4 Å². The van der Waals surface area contributed by atoms with E-state index in [9.17, 15) is 9.59 Å². The molecule has 0 saturated heterocycles. The topological polar surface area (TPSA) is 129 Å². The molecule has 2 aromatic heterocycles. The van der Waals surface area contributed by atoms with Gasteiger partial charge in [-0.3, -0.25) is 14.9 Å². The predicted octanol–water partition coefficient (Wildman–Crippen LogP) is 3.51. The van der Waals surface area contributed by atoms with Crippen molar-refractivity contribution in [2.24, 2.45) is 0 Å². The summed E-state index contributed by atoms with van der Waals surface area (Å²) in [6, 6.07) is 16.0. The molecule has 0 spiro atoms. The fraction of sp³-hybridized carbons (Fsp3) is 0.250. The molecule has 0 aliphatic heterocycles. The van der Waals surface area contributed by atoms with Gasteiger partial charge in [0.05, 0.1) is 0 Å². The number of hydrogen-bond acceptors (Lipinski definition) is 6. The lowest BCUT2D eigenvalue weighted by Gasteiger charge is -2.12. The van der Waals surface area contributed by atoms with Crippen LogP contribution in [-0.4, -0.2) is 36.5 Å². The number of aryl methyl sites for hydroxylation is 1. The van der Waals surface area contributed by atoms with Crippen molar-refractivity contribution >= 4 is 11.9 Å². The Kier molecular flexibility index (Phi) is 6.68. The summed E-state index contributed by atoms with van der Waals surface area (Å²) in [5.41, 5.74) is 5.04. The summed E-state index contributed by atoms with van der Waals surface area (Å²) in [5.74, 6) is 0.521. The Hall–Kier alpha value is -4.14. The molecule has 0 bridgehead atoms. The van der Waals surface area contributed by atoms with E-state index in [0.29, 0.717) is 24.2 Å². The summed E-state index contributed by atoms with van der Waals surface area (Å²) in [7, 11) is 0. The van der Waals surface area contributed by atoms with E-state index in [1.807, 2.05) is 48.5 Å². The quantitative estimate of drug-likeness (QED) is 0.382. The number of tetrazole rings is 1. The minimum atomic E-state index is -0.323. The van der Waals surface area contributed by atoms with Gasteiger partial charge in [-0.2, -0.15) is 4.98 Å². The number of nitrogens with zero attached hydrogens (tertiary/aromatic N) is 4. The number of amides is 1. The van der Waals surface area contributed by atoms with Crippen molar-refractivity contribution in [3.63, 3.8) is 0 Å². The van der Waals surface area contributed by atoms with Crippen LogP contribution in [0.1, 0.15) is 43.5 Å². The third kappa shape index (κ3) is 5.20. The first-order valence-corrected chi connectivity index (χ1v) is 10.9. The number of carbonyl (C=O) groups excluding carboxylic acids is 1. The standard InChI is InChI=1S/C24H25N7O2/c1-3-4-9-21-20(23(33)27-24(26-21)25-15(2)32)14-16-10-12-17(13-11-16)18-7-5-6-8-19(18)22-28-30-31-29-22/h5-8,10-13H,3-4,9,14H2,1-2H3,(H,28,29,30,31)(H2,25,26,27,32,33). The summed E-state index contributed by atoms with van der Waals surface area (Å²) >= 11 is 0. The first-order chi connectivity index (χ1) is 16.0. The van der Waals surface area contributed by atoms with Crippen molar-refractivity contribution in [1.29, 1.82) is 0 Å². The fourth-order valence-electron chi connectivity index (χ4n) is 3.74. The molecule has 9 heteroatoms. The van der Waals surface area contributed by atoms with E-state index in [2.05, 4.69) is 42.8 Å². The Balaban J connectivity index is 1.63. The molecule has 2 heterocycles. The zero-order chi connectivity index (χ0) is 23.2. The molecule has 4 rings (SSSR count). The molecule has 168 valence electrons. The summed E-state index contributed by atoms with van der Waals surface area (Å²) in [6.45, 7) is 3.48. The van der Waals surface area contributed by atoms with Gasteiger partial charge >= 0.3 is 0 Å². The van der Waals surface area contributed by atoms with Gasteiger partial charge < -0.3 is 4.98 Å². The van der Waals surface area contributed by atoms with Crippen molar-refractivity contribution in [2.45, 2.75) is 39.5 Å². The Morgan fingerprint density at radius 3 is 2.48 bits per heavy atom. The second kappa shape index (κ2) is 9.99. The van der Waals surface area contributed by atoms with Crippen LogP contribution >= 0.6 is 0 Å². The van der Waals surface area contributed by atoms with Crippen LogP contribution in [0.2, 0.25) is 0 Å². The molecule has 2 aromatic carbocycles. The van der Waals surface area contributed by atoms with E-state index in [4.69, 9.17) is 0 Å². The first-order valence-electron chi connectivity index (χ1n) is 10.9. The molecule has 0 aliphatic carbocycles. The van der Waals surface area contributed by atoms with Crippen LogP contribution in [0, 0.1) is 0 Å². The second-order valence-electron chi connectivity index (χ2n) is 7.80. The minimum absolute atomic E-state index is 0.191. The monoisotopic (exact) mass is 443 g/mol. The van der Waals surface area contributed by atoms with Crippen LogP contribution < -0.4 is 10.9 Å². The van der Waals surface area contributed by atoms with Gasteiger partial charge in [-0.15, -0.1) is 5.10 Å². The molecule has 0 saturated carbocycles. The average Bonchev–Trinajstić information content (AvgIpc) is 3.34. The predicted molar refractivity (Wildman–Crippen MR) is 126 cm³/mol. The van der Waals surface area contributed by atoms with E-state index in [0.717, 1.165) is 40.8 Å². The number of aromatic amines is 2. The number of H-pyrrole nitrogens is 2. The largest absolute Gasteiger partial charge is 0.329 e. The average molecular weight is 444 g/mol. The van der Waals surface area contributed by atoms with Gasteiger partial charge in [0.25, 0.3) is 5.56 Å². The second-order valence-corrected chi connectivity index (χ2v) is 7.80. The van der Waals surface area contributed by atoms with Gasteiger partial charge in [-0.05, 0) is 40.0 Å². The number of hydrogen-bond donors (Lipinski definition) is 3. The SMILES string of the molecule is CCCCc1[nH]c(NC(C)=O)nc(=O)c1Cc1ccc(-c2ccccc2-c2nnn[nH]2)cc1. The third-order valence-electron chi connectivity index (χ3n) is 5.35. The summed E-state index contributed by atoms with van der Waals surface area (Å²) in [6.07, 6.45) is 3.09. The zero-order valence-corrected chi connectivity index (χ0v) is 18.6. The van der Waals surface area contributed by atoms with Gasteiger partial charge in [-0.25, -0.2) is 5.10 Å². The molecule has 1 amide bonds. The first kappa shape index (κ1) is 22.1. The third-order valence-corrected chi connectivity index (χ3v) is 5.35. The highest BCUT2D eigenvalue weighted by Crippen LogP contribution is 2.30. The normalized spacial score (nSPS) is 10.8. The van der Waals surface area contributed by atoms with Gasteiger partial charge in [0, 0.05) is 30.2 Å².